The van der Waals surface area contributed by atoms with Crippen LogP contribution in [0.15, 0.2) is 30.3 Å². The van der Waals surface area contributed by atoms with Gasteiger partial charge >= 0.3 is 0 Å². The number of anilines is 1. The molecule has 0 bridgehead atoms. The highest BCUT2D eigenvalue weighted by Gasteiger charge is 2.24. The third-order valence-corrected chi connectivity index (χ3v) is 3.96. The summed E-state index contributed by atoms with van der Waals surface area (Å²) in [7, 11) is 0. The van der Waals surface area contributed by atoms with Crippen LogP contribution < -0.4 is 4.90 Å². The SMILES string of the molecule is Cc1cc(N2CCC#CCC2)nn1-c1ccc(C(C)(F)F)cc1. The van der Waals surface area contributed by atoms with E-state index in [-0.39, 0.29) is 5.56 Å². The van der Waals surface area contributed by atoms with Crippen molar-refractivity contribution in [3.8, 4) is 17.5 Å². The van der Waals surface area contributed by atoms with Crippen LogP contribution in [-0.2, 0) is 5.92 Å². The molecule has 2 aromatic rings. The van der Waals surface area contributed by atoms with Crippen molar-refractivity contribution < 1.29 is 8.78 Å². The summed E-state index contributed by atoms with van der Waals surface area (Å²) in [6, 6.07) is 8.30. The minimum atomic E-state index is -2.82. The monoisotopic (exact) mass is 315 g/mol. The van der Waals surface area contributed by atoms with Crippen LogP contribution in [0.5, 0.6) is 0 Å². The Morgan fingerprint density at radius 1 is 1.09 bits per heavy atom. The highest BCUT2D eigenvalue weighted by atomic mass is 19.3. The maximum atomic E-state index is 13.3. The number of rotatable bonds is 3. The molecule has 1 aliphatic rings. The third-order valence-electron chi connectivity index (χ3n) is 3.96. The molecule has 0 atom stereocenters. The molecule has 0 fully saturated rings. The van der Waals surface area contributed by atoms with Gasteiger partial charge in [0.1, 0.15) is 0 Å². The van der Waals surface area contributed by atoms with Crippen LogP contribution in [0, 0.1) is 18.8 Å². The Bertz CT molecular complexity index is 733. The Hall–Kier alpha value is -2.35. The average Bonchev–Trinajstić information content (AvgIpc) is 2.73. The second kappa shape index (κ2) is 6.04. The van der Waals surface area contributed by atoms with Crippen LogP contribution in [0.3, 0.4) is 0 Å². The predicted molar refractivity (Wildman–Crippen MR) is 87.1 cm³/mol. The fourth-order valence-corrected chi connectivity index (χ4v) is 2.67. The predicted octanol–water partition coefficient (Wildman–Crippen LogP) is 3.90. The zero-order chi connectivity index (χ0) is 16.4. The van der Waals surface area contributed by atoms with Gasteiger partial charge in [-0.05, 0) is 19.1 Å². The van der Waals surface area contributed by atoms with E-state index < -0.39 is 5.92 Å². The molecule has 1 aliphatic heterocycles. The Morgan fingerprint density at radius 3 is 2.26 bits per heavy atom. The van der Waals surface area contributed by atoms with Gasteiger partial charge in [-0.3, -0.25) is 0 Å². The molecule has 5 heteroatoms. The minimum absolute atomic E-state index is 0.0101. The molecule has 1 aromatic heterocycles. The van der Waals surface area contributed by atoms with Gasteiger partial charge < -0.3 is 4.90 Å². The van der Waals surface area contributed by atoms with Crippen LogP contribution >= 0.6 is 0 Å². The number of halogens is 2. The molecule has 23 heavy (non-hydrogen) atoms. The fraction of sp³-hybridized carbons (Fsp3) is 0.389. The molecule has 120 valence electrons. The van der Waals surface area contributed by atoms with E-state index in [1.54, 1.807) is 16.8 Å². The molecule has 0 unspecified atom stereocenters. The molecule has 3 rings (SSSR count). The van der Waals surface area contributed by atoms with E-state index in [0.29, 0.717) is 0 Å². The Labute approximate surface area is 134 Å². The summed E-state index contributed by atoms with van der Waals surface area (Å²) in [5.41, 5.74) is 1.77. The maximum absolute atomic E-state index is 13.3. The first kappa shape index (κ1) is 15.5. The summed E-state index contributed by atoms with van der Waals surface area (Å²) in [6.07, 6.45) is 1.68. The van der Waals surface area contributed by atoms with Crippen LogP contribution in [0.25, 0.3) is 5.69 Å². The van der Waals surface area contributed by atoms with Crippen LogP contribution in [0.4, 0.5) is 14.6 Å². The Morgan fingerprint density at radius 2 is 1.70 bits per heavy atom. The van der Waals surface area contributed by atoms with E-state index in [0.717, 1.165) is 50.1 Å². The molecule has 0 aliphatic carbocycles. The highest BCUT2D eigenvalue weighted by Crippen LogP contribution is 2.28. The average molecular weight is 315 g/mol. The molecule has 2 heterocycles. The molecule has 1 aromatic carbocycles. The van der Waals surface area contributed by atoms with Gasteiger partial charge in [0.15, 0.2) is 5.82 Å². The van der Waals surface area contributed by atoms with Gasteiger partial charge in [0, 0.05) is 50.2 Å². The van der Waals surface area contributed by atoms with E-state index in [1.165, 1.54) is 12.1 Å². The quantitative estimate of drug-likeness (QED) is 0.801. The minimum Gasteiger partial charge on any atom is -0.353 e. The van der Waals surface area contributed by atoms with Crippen molar-refractivity contribution in [3.63, 3.8) is 0 Å². The van der Waals surface area contributed by atoms with Crippen LogP contribution in [-0.4, -0.2) is 22.9 Å². The van der Waals surface area contributed by atoms with E-state index in [9.17, 15) is 8.78 Å². The topological polar surface area (TPSA) is 21.1 Å². The molecular weight excluding hydrogens is 296 g/mol. The van der Waals surface area contributed by atoms with Crippen molar-refractivity contribution in [2.45, 2.75) is 32.6 Å². The van der Waals surface area contributed by atoms with Crippen molar-refractivity contribution in [1.82, 2.24) is 9.78 Å². The summed E-state index contributed by atoms with van der Waals surface area (Å²) < 4.78 is 28.4. The number of alkyl halides is 2. The summed E-state index contributed by atoms with van der Waals surface area (Å²) in [6.45, 7) is 4.60. The van der Waals surface area contributed by atoms with Crippen molar-refractivity contribution in [3.05, 3.63) is 41.6 Å². The molecule has 0 saturated heterocycles. The molecule has 0 spiro atoms. The first-order valence-electron chi connectivity index (χ1n) is 7.71. The summed E-state index contributed by atoms with van der Waals surface area (Å²) in [4.78, 5) is 2.20. The molecule has 0 amide bonds. The van der Waals surface area contributed by atoms with Gasteiger partial charge in [-0.2, -0.15) is 5.10 Å². The molecule has 0 N–H and O–H groups in total. The highest BCUT2D eigenvalue weighted by molar-refractivity contribution is 5.45. The summed E-state index contributed by atoms with van der Waals surface area (Å²) in [5, 5.41) is 4.64. The zero-order valence-corrected chi connectivity index (χ0v) is 13.3. The van der Waals surface area contributed by atoms with Crippen LogP contribution in [0.1, 0.15) is 31.0 Å². The van der Waals surface area contributed by atoms with Crippen molar-refractivity contribution >= 4 is 5.82 Å². The number of aryl methyl sites for hydroxylation is 1. The summed E-state index contributed by atoms with van der Waals surface area (Å²) >= 11 is 0. The molecule has 0 saturated carbocycles. The smallest absolute Gasteiger partial charge is 0.270 e. The summed E-state index contributed by atoms with van der Waals surface area (Å²) in [5.74, 6) is 4.32. The van der Waals surface area contributed by atoms with Gasteiger partial charge in [0.25, 0.3) is 5.92 Å². The second-order valence-corrected chi connectivity index (χ2v) is 5.83. The third kappa shape index (κ3) is 3.37. The number of hydrogen-bond acceptors (Lipinski definition) is 2. The van der Waals surface area contributed by atoms with E-state index >= 15 is 0 Å². The van der Waals surface area contributed by atoms with E-state index in [1.807, 2.05) is 13.0 Å². The second-order valence-electron chi connectivity index (χ2n) is 5.83. The Kier molecular flexibility index (Phi) is 4.08. The van der Waals surface area contributed by atoms with Crippen molar-refractivity contribution in [2.24, 2.45) is 0 Å². The normalized spacial score (nSPS) is 15.0. The molecular formula is C18H19F2N3. The lowest BCUT2D eigenvalue weighted by molar-refractivity contribution is 0.0175. The number of aromatic nitrogens is 2. The first-order chi connectivity index (χ1) is 10.9. The Balaban J connectivity index is 1.86. The number of nitrogens with zero attached hydrogens (tertiary/aromatic N) is 3. The largest absolute Gasteiger partial charge is 0.353 e. The lowest BCUT2D eigenvalue weighted by atomic mass is 10.1. The molecule has 0 radical (unpaired) electrons. The van der Waals surface area contributed by atoms with Crippen LogP contribution in [0.2, 0.25) is 0 Å². The lowest BCUT2D eigenvalue weighted by Crippen LogP contribution is -2.24. The number of hydrogen-bond donors (Lipinski definition) is 0. The van der Waals surface area contributed by atoms with Gasteiger partial charge in [-0.15, -0.1) is 11.8 Å². The van der Waals surface area contributed by atoms with Gasteiger partial charge in [-0.1, -0.05) is 12.1 Å². The van der Waals surface area contributed by atoms with Crippen molar-refractivity contribution in [2.75, 3.05) is 18.0 Å². The molecule has 3 nitrogen and oxygen atoms in total. The van der Waals surface area contributed by atoms with Gasteiger partial charge in [0.2, 0.25) is 0 Å². The van der Waals surface area contributed by atoms with Crippen molar-refractivity contribution in [1.29, 1.82) is 0 Å². The fourth-order valence-electron chi connectivity index (χ4n) is 2.67. The van der Waals surface area contributed by atoms with E-state index in [2.05, 4.69) is 21.8 Å². The number of benzene rings is 1. The van der Waals surface area contributed by atoms with Gasteiger partial charge in [-0.25, -0.2) is 13.5 Å². The maximum Gasteiger partial charge on any atom is 0.270 e. The standard InChI is InChI=1S/C18H19F2N3/c1-14-13-17(22-11-5-3-4-6-12-22)21-23(14)16-9-7-15(8-10-16)18(2,19)20/h7-10,13H,5-6,11-12H2,1-2H3. The zero-order valence-electron chi connectivity index (χ0n) is 13.3. The lowest BCUT2D eigenvalue weighted by Gasteiger charge is -2.18. The van der Waals surface area contributed by atoms with E-state index in [4.69, 9.17) is 0 Å². The van der Waals surface area contributed by atoms with Gasteiger partial charge in [0.05, 0.1) is 5.69 Å². The first-order valence-corrected chi connectivity index (χ1v) is 7.71.